The predicted octanol–water partition coefficient (Wildman–Crippen LogP) is 10.8. The van der Waals surface area contributed by atoms with Gasteiger partial charge < -0.3 is 9.47 Å². The van der Waals surface area contributed by atoms with Crippen molar-refractivity contribution < 1.29 is 28.2 Å². The van der Waals surface area contributed by atoms with Crippen molar-refractivity contribution in [1.82, 2.24) is 0 Å². The zero-order valence-electron chi connectivity index (χ0n) is 26.4. The van der Waals surface area contributed by atoms with E-state index in [0.717, 1.165) is 44.3 Å². The molecule has 0 saturated carbocycles. The van der Waals surface area contributed by atoms with Crippen LogP contribution in [0, 0.1) is 0 Å². The topological polar surface area (TPSA) is 78.9 Å². The third kappa shape index (κ3) is 32.1. The molecule has 0 aromatic rings. The molecule has 0 rings (SSSR count). The summed E-state index contributed by atoms with van der Waals surface area (Å²) in [5.74, 6) is 0.396. The molecule has 0 radical (unpaired) electrons. The van der Waals surface area contributed by atoms with Crippen LogP contribution in [0.15, 0.2) is 0 Å². The van der Waals surface area contributed by atoms with Gasteiger partial charge in [-0.3, -0.25) is 14.1 Å². The molecule has 0 spiro atoms. The molecule has 242 valence electrons. The van der Waals surface area contributed by atoms with Gasteiger partial charge in [0.05, 0.1) is 0 Å². The van der Waals surface area contributed by atoms with E-state index in [2.05, 4.69) is 19.6 Å². The first-order valence-electron chi connectivity index (χ1n) is 17.0. The number of esters is 2. The average Bonchev–Trinajstić information content (AvgIpc) is 2.97. The number of carbonyl (C=O) groups is 2. The van der Waals surface area contributed by atoms with Crippen molar-refractivity contribution in [3.63, 3.8) is 0 Å². The zero-order chi connectivity index (χ0) is 30.1. The highest BCUT2D eigenvalue weighted by molar-refractivity contribution is 7.80. The normalized spacial score (nSPS) is 12.0. The number of ether oxygens (including phenoxy) is 2. The van der Waals surface area contributed by atoms with Gasteiger partial charge in [0, 0.05) is 12.8 Å². The third-order valence-electron chi connectivity index (χ3n) is 7.56. The van der Waals surface area contributed by atoms with Crippen LogP contribution in [0.3, 0.4) is 0 Å². The summed E-state index contributed by atoms with van der Waals surface area (Å²) >= 11 is 4.25. The predicted molar refractivity (Wildman–Crippen MR) is 174 cm³/mol. The lowest BCUT2D eigenvalue weighted by atomic mass is 10.0. The molecule has 0 aliphatic rings. The van der Waals surface area contributed by atoms with E-state index in [1.165, 1.54) is 116 Å². The fourth-order valence-electron chi connectivity index (χ4n) is 4.99. The SMILES string of the molecule is CCCCCCCCCCCCCCC(=O)O[C@@H](COP=O)COC(=O)CCCCCCCCCCCCCCS. The van der Waals surface area contributed by atoms with Crippen LogP contribution in [-0.4, -0.2) is 37.0 Å². The van der Waals surface area contributed by atoms with E-state index in [0.29, 0.717) is 12.8 Å². The fraction of sp³-hybridized carbons (Fsp3) is 0.939. The summed E-state index contributed by atoms with van der Waals surface area (Å²) < 4.78 is 26.3. The van der Waals surface area contributed by atoms with Crippen molar-refractivity contribution in [2.45, 2.75) is 180 Å². The second kappa shape index (κ2) is 33.8. The Hall–Kier alpha value is -0.650. The Morgan fingerprint density at radius 1 is 0.561 bits per heavy atom. The Morgan fingerprint density at radius 3 is 1.37 bits per heavy atom. The van der Waals surface area contributed by atoms with Crippen molar-refractivity contribution in [3.05, 3.63) is 0 Å². The summed E-state index contributed by atoms with van der Waals surface area (Å²) in [6.45, 7) is 2.13. The standard InChI is InChI=1S/C33H63O6PS/c1-2-3-4-5-6-7-8-11-15-18-21-24-27-33(35)39-31(30-38-40-36)29-37-32(34)26-23-20-17-14-12-9-10-13-16-19-22-25-28-41/h31,41H,2-30H2,1H3/t31-/m1/s1. The smallest absolute Gasteiger partial charge is 0.327 e. The van der Waals surface area contributed by atoms with Crippen LogP contribution in [-0.2, 0) is 28.2 Å². The summed E-state index contributed by atoms with van der Waals surface area (Å²) in [7, 11) is -0.482. The summed E-state index contributed by atoms with van der Waals surface area (Å²) in [6.07, 6.45) is 29.5. The molecule has 0 N–H and O–H groups in total. The molecule has 8 heteroatoms. The summed E-state index contributed by atoms with van der Waals surface area (Å²) in [5.41, 5.74) is 0. The molecule has 0 fully saturated rings. The quantitative estimate of drug-likeness (QED) is 0.0341. The second-order valence-corrected chi connectivity index (χ2v) is 12.4. The van der Waals surface area contributed by atoms with Gasteiger partial charge in [-0.2, -0.15) is 12.6 Å². The van der Waals surface area contributed by atoms with Gasteiger partial charge in [0.15, 0.2) is 6.10 Å². The first kappa shape index (κ1) is 40.4. The molecule has 0 saturated heterocycles. The van der Waals surface area contributed by atoms with E-state index < -0.39 is 14.8 Å². The van der Waals surface area contributed by atoms with E-state index in [1.54, 1.807) is 0 Å². The highest BCUT2D eigenvalue weighted by Crippen LogP contribution is 2.15. The van der Waals surface area contributed by atoms with Crippen LogP contribution in [0.4, 0.5) is 0 Å². The van der Waals surface area contributed by atoms with E-state index in [-0.39, 0.29) is 25.2 Å². The van der Waals surface area contributed by atoms with Crippen LogP contribution in [0.1, 0.15) is 174 Å². The number of rotatable bonds is 33. The van der Waals surface area contributed by atoms with Gasteiger partial charge in [-0.15, -0.1) is 0 Å². The van der Waals surface area contributed by atoms with Crippen molar-refractivity contribution >= 4 is 33.3 Å². The largest absolute Gasteiger partial charge is 0.462 e. The molecule has 41 heavy (non-hydrogen) atoms. The lowest BCUT2D eigenvalue weighted by Gasteiger charge is -2.16. The fourth-order valence-corrected chi connectivity index (χ4v) is 5.44. The minimum absolute atomic E-state index is 0.0574. The van der Waals surface area contributed by atoms with Crippen molar-refractivity contribution in [3.8, 4) is 0 Å². The number of unbranched alkanes of at least 4 members (excludes halogenated alkanes) is 22. The number of hydrogen-bond donors (Lipinski definition) is 1. The van der Waals surface area contributed by atoms with Crippen LogP contribution in [0.2, 0.25) is 0 Å². The third-order valence-corrected chi connectivity index (χ3v) is 8.14. The molecule has 0 aromatic carbocycles. The molecular formula is C33H63O6PS. The van der Waals surface area contributed by atoms with Crippen LogP contribution in [0.25, 0.3) is 0 Å². The number of thiol groups is 1. The van der Waals surface area contributed by atoms with Crippen molar-refractivity contribution in [2.75, 3.05) is 19.0 Å². The van der Waals surface area contributed by atoms with Gasteiger partial charge in [0.2, 0.25) is 0 Å². The maximum Gasteiger partial charge on any atom is 0.327 e. The maximum absolute atomic E-state index is 12.3. The summed E-state index contributed by atoms with van der Waals surface area (Å²) in [5, 5.41) is 0. The Morgan fingerprint density at radius 2 is 0.951 bits per heavy atom. The Labute approximate surface area is 259 Å². The number of hydrogen-bond acceptors (Lipinski definition) is 7. The summed E-state index contributed by atoms with van der Waals surface area (Å²) in [4.78, 5) is 24.4. The average molecular weight is 619 g/mol. The minimum Gasteiger partial charge on any atom is -0.462 e. The Balaban J connectivity index is 3.75. The lowest BCUT2D eigenvalue weighted by Crippen LogP contribution is -2.28. The lowest BCUT2D eigenvalue weighted by molar-refractivity contribution is -0.160. The van der Waals surface area contributed by atoms with E-state index in [9.17, 15) is 14.2 Å². The van der Waals surface area contributed by atoms with Crippen LogP contribution < -0.4 is 0 Å². The monoisotopic (exact) mass is 618 g/mol. The first-order valence-corrected chi connectivity index (χ1v) is 18.4. The van der Waals surface area contributed by atoms with Gasteiger partial charge in [-0.1, -0.05) is 142 Å². The summed E-state index contributed by atoms with van der Waals surface area (Å²) in [6, 6.07) is 0. The van der Waals surface area contributed by atoms with Crippen molar-refractivity contribution in [2.24, 2.45) is 0 Å². The molecule has 0 amide bonds. The highest BCUT2D eigenvalue weighted by Gasteiger charge is 2.17. The van der Waals surface area contributed by atoms with Gasteiger partial charge in [-0.05, 0) is 25.0 Å². The second-order valence-electron chi connectivity index (χ2n) is 11.5. The van der Waals surface area contributed by atoms with Crippen LogP contribution in [0.5, 0.6) is 0 Å². The molecule has 0 aliphatic carbocycles. The number of carbonyl (C=O) groups excluding carboxylic acids is 2. The maximum atomic E-state index is 12.3. The molecule has 6 nitrogen and oxygen atoms in total. The van der Waals surface area contributed by atoms with E-state index in [4.69, 9.17) is 14.0 Å². The van der Waals surface area contributed by atoms with Gasteiger partial charge in [0.1, 0.15) is 13.2 Å². The molecule has 0 aromatic heterocycles. The Bertz CT molecular complexity index is 592. The molecule has 0 unspecified atom stereocenters. The van der Waals surface area contributed by atoms with Crippen molar-refractivity contribution in [1.29, 1.82) is 0 Å². The van der Waals surface area contributed by atoms with E-state index >= 15 is 0 Å². The van der Waals surface area contributed by atoms with Crippen LogP contribution >= 0.6 is 21.3 Å². The van der Waals surface area contributed by atoms with Gasteiger partial charge in [-0.25, -0.2) is 4.57 Å². The highest BCUT2D eigenvalue weighted by atomic mass is 32.1. The molecule has 0 bridgehead atoms. The Kier molecular flexibility index (Phi) is 33.3. The first-order chi connectivity index (χ1) is 20.1. The molecular weight excluding hydrogens is 555 g/mol. The molecule has 0 heterocycles. The van der Waals surface area contributed by atoms with Gasteiger partial charge in [0.25, 0.3) is 0 Å². The van der Waals surface area contributed by atoms with Gasteiger partial charge >= 0.3 is 20.6 Å². The zero-order valence-corrected chi connectivity index (χ0v) is 28.2. The molecule has 0 aliphatic heterocycles. The molecule has 1 atom stereocenters. The minimum atomic E-state index is -0.729. The van der Waals surface area contributed by atoms with E-state index in [1.807, 2.05) is 0 Å².